The van der Waals surface area contributed by atoms with Crippen LogP contribution >= 0.6 is 0 Å². The molecular formula is C24H36O3. The van der Waals surface area contributed by atoms with Crippen LogP contribution in [0.4, 0.5) is 0 Å². The van der Waals surface area contributed by atoms with Crippen LogP contribution in [0.3, 0.4) is 0 Å². The van der Waals surface area contributed by atoms with Crippen molar-refractivity contribution >= 4 is 5.78 Å². The molecule has 27 heavy (non-hydrogen) atoms. The van der Waals surface area contributed by atoms with E-state index >= 15 is 0 Å². The van der Waals surface area contributed by atoms with Crippen LogP contribution < -0.4 is 4.74 Å². The summed E-state index contributed by atoms with van der Waals surface area (Å²) in [4.78, 5) is 12.2. The molecule has 1 N–H and O–H groups in total. The van der Waals surface area contributed by atoms with Crippen molar-refractivity contribution in [3.05, 3.63) is 23.2 Å². The van der Waals surface area contributed by atoms with E-state index in [2.05, 4.69) is 0 Å². The maximum atomic E-state index is 12.2. The molecule has 0 saturated heterocycles. The number of hydrogen-bond donors (Lipinski definition) is 1. The number of carbonyl (C=O) groups is 1. The summed E-state index contributed by atoms with van der Waals surface area (Å²) in [6.07, 6.45) is 2.94. The Hall–Kier alpha value is -1.51. The van der Waals surface area contributed by atoms with Crippen LogP contribution in [0.2, 0.25) is 0 Å². The van der Waals surface area contributed by atoms with Gasteiger partial charge in [0.2, 0.25) is 0 Å². The number of phenolic OH excluding ortho intramolecular Hbond substituents is 1. The van der Waals surface area contributed by atoms with E-state index in [1.54, 1.807) is 6.92 Å². The molecule has 0 radical (unpaired) electrons. The Balaban J connectivity index is 2.00. The first-order valence-corrected chi connectivity index (χ1v) is 10.2. The fraction of sp³-hybridized carbons (Fsp3) is 0.708. The Morgan fingerprint density at radius 1 is 1.33 bits per heavy atom. The lowest BCUT2D eigenvalue weighted by atomic mass is 9.66. The molecule has 1 aliphatic heterocycles. The number of benzene rings is 1. The van der Waals surface area contributed by atoms with Crippen molar-refractivity contribution in [2.75, 3.05) is 0 Å². The van der Waals surface area contributed by atoms with E-state index < -0.39 is 17.4 Å². The molecule has 3 heteroatoms. The summed E-state index contributed by atoms with van der Waals surface area (Å²) in [5.41, 5.74) is -0.183. The van der Waals surface area contributed by atoms with Crippen molar-refractivity contribution in [1.29, 1.82) is 0 Å². The zero-order valence-corrected chi connectivity index (χ0v) is 17.4. The summed E-state index contributed by atoms with van der Waals surface area (Å²) in [6.45, 7) is 9.47. The average molecular weight is 377 g/mol. The highest BCUT2D eigenvalue weighted by Crippen LogP contribution is 2.54. The van der Waals surface area contributed by atoms with Gasteiger partial charge in [-0.15, -0.1) is 0 Å². The Morgan fingerprint density at radius 3 is 2.78 bits per heavy atom. The van der Waals surface area contributed by atoms with Crippen LogP contribution in [-0.4, -0.2) is 16.5 Å². The van der Waals surface area contributed by atoms with Crippen molar-refractivity contribution in [2.45, 2.75) is 103 Å². The molecular weight excluding hydrogens is 336 g/mol. The van der Waals surface area contributed by atoms with Crippen LogP contribution in [0.25, 0.3) is 0 Å². The largest absolute Gasteiger partial charge is 0.508 e. The van der Waals surface area contributed by atoms with E-state index in [1.165, 1.54) is 0 Å². The number of unbranched alkanes of at least 4 members (excludes halogenated alkanes) is 1. The normalized spacial score (nSPS) is 26.8. The summed E-state index contributed by atoms with van der Waals surface area (Å²) in [6, 6.07) is 0.0952. The van der Waals surface area contributed by atoms with E-state index in [1.807, 2.05) is 27.7 Å². The van der Waals surface area contributed by atoms with Crippen molar-refractivity contribution in [3.8, 4) is 11.5 Å². The summed E-state index contributed by atoms with van der Waals surface area (Å²) >= 11 is 0. The molecule has 1 heterocycles. The van der Waals surface area contributed by atoms with Gasteiger partial charge in [0.05, 0.1) is 2.74 Å². The first-order valence-electron chi connectivity index (χ1n) is 12.2. The highest BCUT2D eigenvalue weighted by atomic mass is 16.5. The van der Waals surface area contributed by atoms with Crippen LogP contribution in [0.15, 0.2) is 12.1 Å². The number of ether oxygens (including phenoxy) is 1. The SMILES string of the molecule is [2H]c1c(O)c2c(c([2H])c1C(C)(C)CCCCC([2H])([2H])C)OC(C)(C)[C@@H]1CCC(=O)C[C@@H]21. The Morgan fingerprint density at radius 2 is 2.07 bits per heavy atom. The number of Topliss-reactive ketones (excluding diaryl/α,β-unsaturated/α-hetero) is 1. The molecule has 0 amide bonds. The predicted molar refractivity (Wildman–Crippen MR) is 110 cm³/mol. The molecule has 1 aromatic rings. The number of phenols is 1. The maximum absolute atomic E-state index is 12.2. The average Bonchev–Trinajstić information content (AvgIpc) is 2.62. The number of ketones is 1. The number of fused-ring (bicyclic) bond motifs is 3. The maximum Gasteiger partial charge on any atom is 0.133 e. The highest BCUT2D eigenvalue weighted by Gasteiger charge is 2.47. The third-order valence-corrected chi connectivity index (χ3v) is 6.43. The van der Waals surface area contributed by atoms with Gasteiger partial charge in [-0.1, -0.05) is 46.4 Å². The summed E-state index contributed by atoms with van der Waals surface area (Å²) in [5.74, 6) is 0.159. The van der Waals surface area contributed by atoms with E-state index in [-0.39, 0.29) is 35.5 Å². The Labute approximate surface area is 170 Å². The molecule has 150 valence electrons. The zero-order valence-electron chi connectivity index (χ0n) is 21.4. The molecule has 1 aliphatic carbocycles. The summed E-state index contributed by atoms with van der Waals surface area (Å²) in [7, 11) is 0. The van der Waals surface area contributed by atoms with Gasteiger partial charge in [-0.2, -0.15) is 0 Å². The molecule has 2 atom stereocenters. The lowest BCUT2D eigenvalue weighted by molar-refractivity contribution is -0.124. The molecule has 0 unspecified atom stereocenters. The molecule has 0 spiro atoms. The van der Waals surface area contributed by atoms with E-state index in [0.717, 1.165) is 12.8 Å². The van der Waals surface area contributed by atoms with Crippen LogP contribution in [0.5, 0.6) is 11.5 Å². The fourth-order valence-electron chi connectivity index (χ4n) is 4.74. The van der Waals surface area contributed by atoms with Gasteiger partial charge < -0.3 is 9.84 Å². The van der Waals surface area contributed by atoms with Gasteiger partial charge in [-0.25, -0.2) is 0 Å². The number of rotatable bonds is 6. The van der Waals surface area contributed by atoms with E-state index in [4.69, 9.17) is 10.2 Å². The van der Waals surface area contributed by atoms with Gasteiger partial charge in [0, 0.05) is 33.0 Å². The predicted octanol–water partition coefficient (Wildman–Crippen LogP) is 6.26. The molecule has 1 fully saturated rings. The van der Waals surface area contributed by atoms with Gasteiger partial charge >= 0.3 is 0 Å². The van der Waals surface area contributed by atoms with E-state index in [0.29, 0.717) is 49.0 Å². The van der Waals surface area contributed by atoms with Crippen LogP contribution in [0.1, 0.15) is 108 Å². The van der Waals surface area contributed by atoms with Gasteiger partial charge in [0.1, 0.15) is 22.9 Å². The van der Waals surface area contributed by atoms with Crippen LogP contribution in [-0.2, 0) is 10.2 Å². The van der Waals surface area contributed by atoms with Crippen LogP contribution in [0, 0.1) is 5.92 Å². The number of aromatic hydroxyl groups is 1. The summed E-state index contributed by atoms with van der Waals surface area (Å²) < 4.78 is 39.3. The van der Waals surface area contributed by atoms with Gasteiger partial charge in [0.25, 0.3) is 0 Å². The fourth-order valence-corrected chi connectivity index (χ4v) is 4.74. The third kappa shape index (κ3) is 4.02. The number of carbonyl (C=O) groups excluding carboxylic acids is 1. The van der Waals surface area contributed by atoms with Gasteiger partial charge in [-0.3, -0.25) is 4.79 Å². The standard InChI is InChI=1S/C24H36O3/c1-6-7-8-9-12-23(2,3)16-13-20(26)22-18-15-17(25)10-11-19(18)24(4,5)27-21(22)14-16/h13-14,18-19,26H,6-12,15H2,1-5H3/t18-,19-/m1/s1/i6D2,13D,14D. The lowest BCUT2D eigenvalue weighted by Gasteiger charge is -2.47. The first kappa shape index (κ1) is 15.4. The quantitative estimate of drug-likeness (QED) is 0.596. The molecule has 2 aliphatic rings. The van der Waals surface area contributed by atoms with Crippen molar-refractivity contribution in [3.63, 3.8) is 0 Å². The Bertz CT molecular complexity index is 871. The Kier molecular flexibility index (Phi) is 4.27. The minimum Gasteiger partial charge on any atom is -0.508 e. The first-order chi connectivity index (χ1) is 14.2. The molecule has 1 saturated carbocycles. The summed E-state index contributed by atoms with van der Waals surface area (Å²) in [5, 5.41) is 11.1. The molecule has 1 aromatic carbocycles. The molecule has 0 aromatic heterocycles. The minimum atomic E-state index is -1.21. The van der Waals surface area contributed by atoms with E-state index in [9.17, 15) is 9.90 Å². The monoisotopic (exact) mass is 376 g/mol. The molecule has 3 rings (SSSR count). The highest BCUT2D eigenvalue weighted by molar-refractivity contribution is 5.81. The van der Waals surface area contributed by atoms with Gasteiger partial charge in [-0.05, 0) is 49.8 Å². The lowest BCUT2D eigenvalue weighted by Crippen LogP contribution is -2.47. The number of hydrogen-bond acceptors (Lipinski definition) is 3. The second-order valence-electron chi connectivity index (χ2n) is 9.36. The third-order valence-electron chi connectivity index (χ3n) is 6.43. The second-order valence-corrected chi connectivity index (χ2v) is 9.36. The molecule has 0 bridgehead atoms. The van der Waals surface area contributed by atoms with Crippen molar-refractivity contribution in [1.82, 2.24) is 0 Å². The van der Waals surface area contributed by atoms with Gasteiger partial charge in [0.15, 0.2) is 0 Å². The van der Waals surface area contributed by atoms with Crippen molar-refractivity contribution in [2.24, 2.45) is 5.92 Å². The second kappa shape index (κ2) is 7.48. The topological polar surface area (TPSA) is 46.5 Å². The molecule has 3 nitrogen and oxygen atoms in total. The zero-order chi connectivity index (χ0) is 23.4. The minimum absolute atomic E-state index is 0.0420. The van der Waals surface area contributed by atoms with Crippen molar-refractivity contribution < 1.29 is 20.1 Å². The smallest absolute Gasteiger partial charge is 0.133 e.